The third kappa shape index (κ3) is 4.54. The van der Waals surface area contributed by atoms with Crippen LogP contribution in [0.5, 0.6) is 0 Å². The molecule has 0 unspecified atom stereocenters. The third-order valence-electron chi connectivity index (χ3n) is 4.41. The van der Waals surface area contributed by atoms with Crippen molar-refractivity contribution < 1.29 is 12.8 Å². The Morgan fingerprint density at radius 3 is 2.17 bits per heavy atom. The fourth-order valence-corrected chi connectivity index (χ4v) is 5.47. The number of benzene rings is 1. The predicted octanol–water partition coefficient (Wildman–Crippen LogP) is 3.71. The number of nitrogens with zero attached hydrogens (tertiary/aromatic N) is 1. The van der Waals surface area contributed by atoms with E-state index in [1.54, 1.807) is 0 Å². The van der Waals surface area contributed by atoms with Gasteiger partial charge in [-0.2, -0.15) is 4.31 Å². The Morgan fingerprint density at radius 2 is 1.67 bits per heavy atom. The summed E-state index contributed by atoms with van der Waals surface area (Å²) in [6.07, 6.45) is 4.09. The molecule has 0 bridgehead atoms. The van der Waals surface area contributed by atoms with Gasteiger partial charge in [0.05, 0.1) is 10.0 Å². The number of piperidine rings is 1. The van der Waals surface area contributed by atoms with Gasteiger partial charge in [-0.1, -0.05) is 23.2 Å². The number of hydrogen-bond donors (Lipinski definition) is 1. The molecule has 0 spiro atoms. The summed E-state index contributed by atoms with van der Waals surface area (Å²) in [6, 6.07) is 2.30. The van der Waals surface area contributed by atoms with Crippen LogP contribution < -0.4 is 5.32 Å². The highest BCUT2D eigenvalue weighted by atomic mass is 35.5. The van der Waals surface area contributed by atoms with Gasteiger partial charge in [0.15, 0.2) is 0 Å². The van der Waals surface area contributed by atoms with Crippen molar-refractivity contribution in [1.82, 2.24) is 9.62 Å². The second-order valence-corrected chi connectivity index (χ2v) is 8.92. The molecule has 2 aliphatic rings. The number of halogens is 4. The van der Waals surface area contributed by atoms with Crippen LogP contribution in [0, 0.1) is 11.7 Å². The second kappa shape index (κ2) is 8.06. The van der Waals surface area contributed by atoms with Crippen LogP contribution in [0.15, 0.2) is 17.0 Å². The van der Waals surface area contributed by atoms with E-state index < -0.39 is 15.8 Å². The van der Waals surface area contributed by atoms with Gasteiger partial charge in [-0.3, -0.25) is 0 Å². The lowest BCUT2D eigenvalue weighted by atomic mass is 10.1. The topological polar surface area (TPSA) is 49.4 Å². The van der Waals surface area contributed by atoms with Crippen LogP contribution in [-0.4, -0.2) is 38.4 Å². The minimum Gasteiger partial charge on any atom is -0.314 e. The molecular weight excluding hydrogens is 398 g/mol. The van der Waals surface area contributed by atoms with E-state index in [-0.39, 0.29) is 27.3 Å². The smallest absolute Gasteiger partial charge is 0.246 e. The summed E-state index contributed by atoms with van der Waals surface area (Å²) in [5.41, 5.74) is 0. The predicted molar refractivity (Wildman–Crippen MR) is 96.2 cm³/mol. The molecule has 4 nitrogen and oxygen atoms in total. The van der Waals surface area contributed by atoms with E-state index in [0.717, 1.165) is 37.4 Å². The van der Waals surface area contributed by atoms with Crippen molar-refractivity contribution in [3.8, 4) is 0 Å². The Morgan fingerprint density at radius 1 is 1.12 bits per heavy atom. The zero-order chi connectivity index (χ0) is 16.6. The monoisotopic (exact) mass is 416 g/mol. The number of hydrogen-bond acceptors (Lipinski definition) is 3. The SMILES string of the molecule is Cl.O=S(=O)(c1c(Cl)cc(F)cc1Cl)N1CCC(NCC2CC2)CC1. The van der Waals surface area contributed by atoms with Gasteiger partial charge in [-0.15, -0.1) is 12.4 Å². The van der Waals surface area contributed by atoms with E-state index in [0.29, 0.717) is 19.1 Å². The Bertz CT molecular complexity index is 667. The van der Waals surface area contributed by atoms with Crippen LogP contribution in [0.1, 0.15) is 25.7 Å². The molecule has 9 heteroatoms. The first-order valence-corrected chi connectivity index (χ1v) is 9.95. The maximum atomic E-state index is 13.3. The van der Waals surface area contributed by atoms with Crippen molar-refractivity contribution in [1.29, 1.82) is 0 Å². The Balaban J connectivity index is 0.00000208. The Kier molecular flexibility index (Phi) is 6.79. The molecule has 1 saturated heterocycles. The van der Waals surface area contributed by atoms with Crippen molar-refractivity contribution in [2.45, 2.75) is 36.6 Å². The average molecular weight is 418 g/mol. The molecule has 1 aliphatic heterocycles. The zero-order valence-corrected chi connectivity index (χ0v) is 16.1. The van der Waals surface area contributed by atoms with Gasteiger partial charge in [-0.25, -0.2) is 12.8 Å². The lowest BCUT2D eigenvalue weighted by Gasteiger charge is -2.32. The van der Waals surface area contributed by atoms with E-state index in [1.165, 1.54) is 17.1 Å². The summed E-state index contributed by atoms with van der Waals surface area (Å²) >= 11 is 11.8. The van der Waals surface area contributed by atoms with Gasteiger partial charge in [-0.05, 0) is 50.3 Å². The third-order valence-corrected chi connectivity index (χ3v) is 7.23. The second-order valence-electron chi connectivity index (χ2n) is 6.23. The van der Waals surface area contributed by atoms with Gasteiger partial charge in [0.2, 0.25) is 10.0 Å². The van der Waals surface area contributed by atoms with Crippen LogP contribution in [0.25, 0.3) is 0 Å². The standard InChI is InChI=1S/C15H19Cl2FN2O2S.ClH/c16-13-7-11(18)8-14(17)15(13)23(21,22)20-5-3-12(4-6-20)19-9-10-1-2-10;/h7-8,10,12,19H,1-6,9H2;1H. The Labute approximate surface area is 158 Å². The summed E-state index contributed by atoms with van der Waals surface area (Å²) in [4.78, 5) is -0.202. The van der Waals surface area contributed by atoms with Gasteiger partial charge < -0.3 is 5.32 Å². The minimum absolute atomic E-state index is 0. The zero-order valence-electron chi connectivity index (χ0n) is 13.0. The molecule has 136 valence electrons. The van der Waals surface area contributed by atoms with Gasteiger partial charge in [0, 0.05) is 19.1 Å². The fraction of sp³-hybridized carbons (Fsp3) is 0.600. The molecule has 1 N–H and O–H groups in total. The maximum Gasteiger partial charge on any atom is 0.246 e. The van der Waals surface area contributed by atoms with Crippen LogP contribution >= 0.6 is 35.6 Å². The quantitative estimate of drug-likeness (QED) is 0.794. The molecule has 0 radical (unpaired) electrons. The summed E-state index contributed by atoms with van der Waals surface area (Å²) in [5, 5.41) is 3.15. The highest BCUT2D eigenvalue weighted by Gasteiger charge is 2.33. The van der Waals surface area contributed by atoms with E-state index in [9.17, 15) is 12.8 Å². The van der Waals surface area contributed by atoms with Gasteiger partial charge >= 0.3 is 0 Å². The van der Waals surface area contributed by atoms with E-state index >= 15 is 0 Å². The number of nitrogens with one attached hydrogen (secondary N) is 1. The normalized spacial score (nSPS) is 20.0. The van der Waals surface area contributed by atoms with Crippen molar-refractivity contribution >= 4 is 45.6 Å². The summed E-state index contributed by atoms with van der Waals surface area (Å²) in [5.74, 6) is 0.149. The lowest BCUT2D eigenvalue weighted by molar-refractivity contribution is 0.288. The van der Waals surface area contributed by atoms with Gasteiger partial charge in [0.25, 0.3) is 0 Å². The minimum atomic E-state index is -3.81. The molecule has 1 saturated carbocycles. The summed E-state index contributed by atoms with van der Waals surface area (Å²) in [6.45, 7) is 1.84. The molecule has 1 heterocycles. The molecule has 1 aromatic carbocycles. The summed E-state index contributed by atoms with van der Waals surface area (Å²) < 4.78 is 40.1. The molecule has 2 fully saturated rings. The van der Waals surface area contributed by atoms with Crippen LogP contribution in [0.2, 0.25) is 10.0 Å². The first-order valence-electron chi connectivity index (χ1n) is 7.76. The summed E-state index contributed by atoms with van der Waals surface area (Å²) in [7, 11) is -3.81. The molecule has 1 aromatic rings. The largest absolute Gasteiger partial charge is 0.314 e. The molecule has 0 amide bonds. The van der Waals surface area contributed by atoms with Crippen molar-refractivity contribution in [3.63, 3.8) is 0 Å². The Hall–Kier alpha value is -0.110. The van der Waals surface area contributed by atoms with Crippen molar-refractivity contribution in [2.75, 3.05) is 19.6 Å². The van der Waals surface area contributed by atoms with E-state index in [2.05, 4.69) is 5.32 Å². The van der Waals surface area contributed by atoms with Gasteiger partial charge in [0.1, 0.15) is 10.7 Å². The maximum absolute atomic E-state index is 13.3. The highest BCUT2D eigenvalue weighted by molar-refractivity contribution is 7.89. The average Bonchev–Trinajstić information content (AvgIpc) is 3.28. The van der Waals surface area contributed by atoms with Crippen molar-refractivity contribution in [2.24, 2.45) is 5.92 Å². The molecular formula is C15H20Cl3FN2O2S. The molecule has 3 rings (SSSR count). The molecule has 0 aromatic heterocycles. The molecule has 0 atom stereocenters. The molecule has 1 aliphatic carbocycles. The van der Waals surface area contributed by atoms with Crippen LogP contribution in [0.4, 0.5) is 4.39 Å². The van der Waals surface area contributed by atoms with Crippen LogP contribution in [0.3, 0.4) is 0 Å². The first kappa shape index (κ1) is 20.2. The number of rotatable bonds is 5. The lowest BCUT2D eigenvalue weighted by Crippen LogP contribution is -2.45. The number of sulfonamides is 1. The fourth-order valence-electron chi connectivity index (χ4n) is 2.86. The van der Waals surface area contributed by atoms with E-state index in [4.69, 9.17) is 23.2 Å². The van der Waals surface area contributed by atoms with Crippen LogP contribution in [-0.2, 0) is 10.0 Å². The van der Waals surface area contributed by atoms with E-state index in [1.807, 2.05) is 0 Å². The molecule has 24 heavy (non-hydrogen) atoms. The first-order chi connectivity index (χ1) is 10.9. The van der Waals surface area contributed by atoms with Crippen molar-refractivity contribution in [3.05, 3.63) is 28.0 Å². The highest BCUT2D eigenvalue weighted by Crippen LogP contribution is 2.34.